The second-order valence-electron chi connectivity index (χ2n) is 3.58. The van der Waals surface area contributed by atoms with Crippen molar-refractivity contribution in [3.05, 3.63) is 24.3 Å². The number of imide groups is 1. The molecular formula is C12H14N2O4. The Hall–Kier alpha value is -2.37. The third kappa shape index (κ3) is 5.11. The first kappa shape index (κ1) is 13.7. The lowest BCUT2D eigenvalue weighted by molar-refractivity contribution is -0.132. The predicted octanol–water partition coefficient (Wildman–Crippen LogP) is 0.686. The largest absolute Gasteiger partial charge is 0.427 e. The van der Waals surface area contributed by atoms with Crippen LogP contribution in [0.4, 0.5) is 5.69 Å². The van der Waals surface area contributed by atoms with E-state index >= 15 is 0 Å². The van der Waals surface area contributed by atoms with Crippen LogP contribution in [0.15, 0.2) is 24.3 Å². The van der Waals surface area contributed by atoms with Gasteiger partial charge < -0.3 is 10.1 Å². The topological polar surface area (TPSA) is 84.5 Å². The van der Waals surface area contributed by atoms with E-state index in [0.29, 0.717) is 11.4 Å². The van der Waals surface area contributed by atoms with Crippen LogP contribution in [0, 0.1) is 0 Å². The van der Waals surface area contributed by atoms with Crippen LogP contribution in [0.25, 0.3) is 0 Å². The molecule has 0 saturated carbocycles. The molecular weight excluding hydrogens is 236 g/mol. The van der Waals surface area contributed by atoms with E-state index in [2.05, 4.69) is 10.6 Å². The molecule has 18 heavy (non-hydrogen) atoms. The third-order valence-electron chi connectivity index (χ3n) is 1.88. The fourth-order valence-electron chi connectivity index (χ4n) is 1.23. The van der Waals surface area contributed by atoms with Crippen LogP contribution < -0.4 is 15.4 Å². The molecule has 0 fully saturated rings. The molecule has 0 spiro atoms. The Kier molecular flexibility index (Phi) is 4.86. The number of hydrogen-bond acceptors (Lipinski definition) is 5. The van der Waals surface area contributed by atoms with E-state index in [1.165, 1.54) is 13.8 Å². The molecule has 0 atom stereocenters. The van der Waals surface area contributed by atoms with Crippen molar-refractivity contribution in [3.63, 3.8) is 0 Å². The predicted molar refractivity (Wildman–Crippen MR) is 65.1 cm³/mol. The first-order valence-corrected chi connectivity index (χ1v) is 5.30. The highest BCUT2D eigenvalue weighted by Gasteiger charge is 2.03. The molecule has 6 nitrogen and oxygen atoms in total. The van der Waals surface area contributed by atoms with Gasteiger partial charge in [-0.15, -0.1) is 0 Å². The van der Waals surface area contributed by atoms with Crippen molar-refractivity contribution in [1.82, 2.24) is 5.32 Å². The van der Waals surface area contributed by atoms with Gasteiger partial charge in [0.25, 0.3) is 0 Å². The second-order valence-corrected chi connectivity index (χ2v) is 3.58. The molecule has 96 valence electrons. The molecule has 0 aliphatic carbocycles. The highest BCUT2D eigenvalue weighted by molar-refractivity contribution is 5.95. The van der Waals surface area contributed by atoms with Crippen molar-refractivity contribution in [1.29, 1.82) is 0 Å². The number of carbonyl (C=O) groups is 3. The first-order valence-electron chi connectivity index (χ1n) is 5.30. The molecule has 0 radical (unpaired) electrons. The Morgan fingerprint density at radius 3 is 2.22 bits per heavy atom. The number of anilines is 1. The number of esters is 1. The number of nitrogens with one attached hydrogen (secondary N) is 2. The van der Waals surface area contributed by atoms with Gasteiger partial charge in [0.1, 0.15) is 5.75 Å². The summed E-state index contributed by atoms with van der Waals surface area (Å²) in [6, 6.07) is 6.54. The summed E-state index contributed by atoms with van der Waals surface area (Å²) in [6.07, 6.45) is 0. The third-order valence-corrected chi connectivity index (χ3v) is 1.88. The summed E-state index contributed by atoms with van der Waals surface area (Å²) in [5, 5.41) is 4.97. The molecule has 6 heteroatoms. The van der Waals surface area contributed by atoms with Gasteiger partial charge in [0.2, 0.25) is 11.8 Å². The van der Waals surface area contributed by atoms with Crippen LogP contribution in [0.2, 0.25) is 0 Å². The molecule has 1 rings (SSSR count). The van der Waals surface area contributed by atoms with Gasteiger partial charge >= 0.3 is 5.97 Å². The van der Waals surface area contributed by atoms with E-state index in [-0.39, 0.29) is 6.54 Å². The molecule has 0 bridgehead atoms. The van der Waals surface area contributed by atoms with Crippen molar-refractivity contribution in [2.45, 2.75) is 13.8 Å². The Labute approximate surface area is 104 Å². The summed E-state index contributed by atoms with van der Waals surface area (Å²) in [4.78, 5) is 32.5. The van der Waals surface area contributed by atoms with Gasteiger partial charge in [-0.2, -0.15) is 0 Å². The highest BCUT2D eigenvalue weighted by atomic mass is 16.5. The van der Waals surface area contributed by atoms with Crippen LogP contribution in [0.5, 0.6) is 5.75 Å². The van der Waals surface area contributed by atoms with E-state index in [1.807, 2.05) is 0 Å². The fourth-order valence-corrected chi connectivity index (χ4v) is 1.23. The summed E-state index contributed by atoms with van der Waals surface area (Å²) in [5.41, 5.74) is 0.685. The average Bonchev–Trinajstić information content (AvgIpc) is 2.26. The zero-order chi connectivity index (χ0) is 13.5. The zero-order valence-corrected chi connectivity index (χ0v) is 10.1. The van der Waals surface area contributed by atoms with Gasteiger partial charge in [0.05, 0.1) is 6.54 Å². The maximum absolute atomic E-state index is 11.2. The molecule has 2 amide bonds. The van der Waals surface area contributed by atoms with Crippen molar-refractivity contribution < 1.29 is 19.1 Å². The van der Waals surface area contributed by atoms with Crippen LogP contribution in [-0.2, 0) is 14.4 Å². The van der Waals surface area contributed by atoms with Crippen molar-refractivity contribution >= 4 is 23.5 Å². The van der Waals surface area contributed by atoms with E-state index in [4.69, 9.17) is 4.74 Å². The smallest absolute Gasteiger partial charge is 0.308 e. The lowest BCUT2D eigenvalue weighted by atomic mass is 10.3. The second kappa shape index (κ2) is 6.39. The van der Waals surface area contributed by atoms with Crippen LogP contribution in [0.3, 0.4) is 0 Å². The summed E-state index contributed by atoms with van der Waals surface area (Å²) in [6.45, 7) is 2.58. The monoisotopic (exact) mass is 250 g/mol. The van der Waals surface area contributed by atoms with E-state index in [0.717, 1.165) is 0 Å². The number of rotatable bonds is 4. The minimum Gasteiger partial charge on any atom is -0.427 e. The number of amides is 2. The molecule has 0 aromatic heterocycles. The zero-order valence-electron chi connectivity index (χ0n) is 10.1. The quantitative estimate of drug-likeness (QED) is 0.606. The van der Waals surface area contributed by atoms with Gasteiger partial charge in [-0.3, -0.25) is 19.7 Å². The maximum atomic E-state index is 11.2. The Morgan fingerprint density at radius 2 is 1.72 bits per heavy atom. The lowest BCUT2D eigenvalue weighted by Gasteiger charge is -2.06. The Balaban J connectivity index is 2.46. The number of hydrogen-bond donors (Lipinski definition) is 2. The van der Waals surface area contributed by atoms with Gasteiger partial charge in [-0.25, -0.2) is 0 Å². The number of carbonyl (C=O) groups excluding carboxylic acids is 3. The normalized spacial score (nSPS) is 9.44. The SMILES string of the molecule is CC(=O)NC(=O)CNc1ccc(OC(C)=O)cc1. The van der Waals surface area contributed by atoms with Crippen LogP contribution in [0.1, 0.15) is 13.8 Å². The molecule has 0 aliphatic heterocycles. The molecule has 1 aromatic carbocycles. The summed E-state index contributed by atoms with van der Waals surface area (Å²) in [7, 11) is 0. The maximum Gasteiger partial charge on any atom is 0.308 e. The van der Waals surface area contributed by atoms with Gasteiger partial charge in [-0.1, -0.05) is 0 Å². The van der Waals surface area contributed by atoms with Crippen molar-refractivity contribution in [2.24, 2.45) is 0 Å². The number of ether oxygens (including phenoxy) is 1. The minimum atomic E-state index is -0.411. The van der Waals surface area contributed by atoms with Crippen LogP contribution in [-0.4, -0.2) is 24.3 Å². The summed E-state index contributed by atoms with van der Waals surface area (Å²) >= 11 is 0. The van der Waals surface area contributed by atoms with Crippen molar-refractivity contribution in [3.8, 4) is 5.75 Å². The van der Waals surface area contributed by atoms with E-state index in [1.54, 1.807) is 24.3 Å². The van der Waals surface area contributed by atoms with E-state index < -0.39 is 17.8 Å². The molecule has 0 saturated heterocycles. The molecule has 0 heterocycles. The molecule has 1 aromatic rings. The summed E-state index contributed by atoms with van der Waals surface area (Å²) in [5.74, 6) is -0.767. The van der Waals surface area contributed by atoms with Crippen molar-refractivity contribution in [2.75, 3.05) is 11.9 Å². The average molecular weight is 250 g/mol. The first-order chi connectivity index (χ1) is 8.47. The highest BCUT2D eigenvalue weighted by Crippen LogP contribution is 2.15. The molecule has 0 unspecified atom stereocenters. The fraction of sp³-hybridized carbons (Fsp3) is 0.250. The Bertz CT molecular complexity index is 454. The Morgan fingerprint density at radius 1 is 1.11 bits per heavy atom. The molecule has 2 N–H and O–H groups in total. The molecule has 0 aliphatic rings. The van der Waals surface area contributed by atoms with Gasteiger partial charge in [-0.05, 0) is 24.3 Å². The van der Waals surface area contributed by atoms with Crippen LogP contribution >= 0.6 is 0 Å². The number of benzene rings is 1. The minimum absolute atomic E-state index is 0.00745. The summed E-state index contributed by atoms with van der Waals surface area (Å²) < 4.78 is 4.86. The standard InChI is InChI=1S/C12H14N2O4/c1-8(15)14-12(17)7-13-10-3-5-11(6-4-10)18-9(2)16/h3-6,13H,7H2,1-2H3,(H,14,15,17). The van der Waals surface area contributed by atoms with Gasteiger partial charge in [0, 0.05) is 19.5 Å². The van der Waals surface area contributed by atoms with Gasteiger partial charge in [0.15, 0.2) is 0 Å². The van der Waals surface area contributed by atoms with E-state index in [9.17, 15) is 14.4 Å². The lowest BCUT2D eigenvalue weighted by Crippen LogP contribution is -2.33.